The summed E-state index contributed by atoms with van der Waals surface area (Å²) < 4.78 is 7.22. The van der Waals surface area contributed by atoms with Crippen LogP contribution in [0.1, 0.15) is 30.3 Å². The van der Waals surface area contributed by atoms with Crippen LogP contribution in [0.3, 0.4) is 0 Å². The number of aromatic nitrogens is 3. The Kier molecular flexibility index (Phi) is 4.88. The minimum Gasteiger partial charge on any atom is -0.464 e. The summed E-state index contributed by atoms with van der Waals surface area (Å²) in [4.78, 5) is 19.3. The number of carbonyl (C=O) groups excluding carboxylic acids is 1. The number of nitrogens with one attached hydrogen (secondary N) is 1. The second-order valence-electron chi connectivity index (χ2n) is 7.36. The fourth-order valence-electron chi connectivity index (χ4n) is 3.93. The van der Waals surface area contributed by atoms with Crippen LogP contribution in [0, 0.1) is 0 Å². The molecule has 0 radical (unpaired) electrons. The molecule has 152 valence electrons. The molecule has 0 bridgehead atoms. The van der Waals surface area contributed by atoms with E-state index in [0.717, 1.165) is 40.9 Å². The number of urea groups is 1. The minimum absolute atomic E-state index is 0.113. The monoisotopic (exact) mass is 421 g/mol. The molecule has 1 saturated heterocycles. The number of furan rings is 1. The van der Waals surface area contributed by atoms with Gasteiger partial charge in [0.25, 0.3) is 0 Å². The molecule has 5 rings (SSSR count). The molecule has 0 unspecified atom stereocenters. The summed E-state index contributed by atoms with van der Waals surface area (Å²) >= 11 is 5.98. The molecular weight excluding hydrogens is 402 g/mol. The molecule has 1 atom stereocenters. The number of nitrogens with zero attached hydrogens (tertiary/aromatic N) is 4. The first-order valence-corrected chi connectivity index (χ1v) is 10.2. The summed E-state index contributed by atoms with van der Waals surface area (Å²) in [7, 11) is 0. The number of benzene rings is 2. The number of fused-ring (bicyclic) bond motifs is 1. The number of hydrogen-bond donors (Lipinski definition) is 1. The van der Waals surface area contributed by atoms with Crippen molar-refractivity contribution in [1.82, 2.24) is 19.7 Å². The van der Waals surface area contributed by atoms with Gasteiger partial charge in [0.2, 0.25) is 0 Å². The van der Waals surface area contributed by atoms with E-state index >= 15 is 0 Å². The highest BCUT2D eigenvalue weighted by atomic mass is 35.5. The zero-order chi connectivity index (χ0) is 20.5. The van der Waals surface area contributed by atoms with E-state index in [1.807, 2.05) is 58.1 Å². The topological polar surface area (TPSA) is 76.2 Å². The Bertz CT molecular complexity index is 1180. The first-order chi connectivity index (χ1) is 14.7. The fraction of sp³-hybridized carbons (Fsp3) is 0.227. The number of hydrogen-bond acceptors (Lipinski definition) is 4. The molecule has 2 aromatic carbocycles. The molecule has 8 heteroatoms. The maximum Gasteiger partial charge on any atom is 0.322 e. The average Bonchev–Trinajstić information content (AvgIpc) is 3.49. The summed E-state index contributed by atoms with van der Waals surface area (Å²) in [5.74, 6) is 0.794. The number of amides is 2. The van der Waals surface area contributed by atoms with Crippen LogP contribution in [0.4, 0.5) is 10.5 Å². The molecule has 3 heterocycles. The zero-order valence-electron chi connectivity index (χ0n) is 16.2. The number of carbonyl (C=O) groups is 1. The van der Waals surface area contributed by atoms with Crippen LogP contribution < -0.4 is 5.32 Å². The second kappa shape index (κ2) is 7.84. The quantitative estimate of drug-likeness (QED) is 0.497. The van der Waals surface area contributed by atoms with Gasteiger partial charge in [-0.2, -0.15) is 5.10 Å². The van der Waals surface area contributed by atoms with E-state index in [1.165, 1.54) is 0 Å². The van der Waals surface area contributed by atoms with Crippen molar-refractivity contribution in [2.75, 3.05) is 11.9 Å². The molecule has 0 saturated carbocycles. The van der Waals surface area contributed by atoms with Crippen molar-refractivity contribution in [3.05, 3.63) is 77.5 Å². The fourth-order valence-corrected chi connectivity index (χ4v) is 4.06. The Morgan fingerprint density at radius 2 is 2.07 bits per heavy atom. The molecule has 7 nitrogen and oxygen atoms in total. The number of rotatable bonds is 4. The molecule has 1 aliphatic rings. The van der Waals surface area contributed by atoms with Gasteiger partial charge >= 0.3 is 6.03 Å². The summed E-state index contributed by atoms with van der Waals surface area (Å²) in [6.07, 6.45) is 4.97. The van der Waals surface area contributed by atoms with Crippen LogP contribution in [0.25, 0.3) is 11.0 Å². The molecule has 1 aliphatic heterocycles. The van der Waals surface area contributed by atoms with Crippen LogP contribution in [0.2, 0.25) is 5.02 Å². The summed E-state index contributed by atoms with van der Waals surface area (Å²) in [6, 6.07) is 14.9. The lowest BCUT2D eigenvalue weighted by molar-refractivity contribution is 0.203. The molecule has 2 amide bonds. The van der Waals surface area contributed by atoms with Gasteiger partial charge in [-0.1, -0.05) is 23.7 Å². The highest BCUT2D eigenvalue weighted by Crippen LogP contribution is 2.32. The van der Waals surface area contributed by atoms with Crippen LogP contribution in [-0.2, 0) is 6.54 Å². The largest absolute Gasteiger partial charge is 0.464 e. The molecule has 2 aromatic heterocycles. The van der Waals surface area contributed by atoms with Crippen LogP contribution in [0.15, 0.2) is 65.5 Å². The van der Waals surface area contributed by atoms with E-state index < -0.39 is 0 Å². The molecule has 30 heavy (non-hydrogen) atoms. The van der Waals surface area contributed by atoms with Crippen molar-refractivity contribution >= 4 is 34.3 Å². The maximum atomic E-state index is 13.0. The predicted molar refractivity (Wildman–Crippen MR) is 114 cm³/mol. The van der Waals surface area contributed by atoms with Crippen LogP contribution in [0.5, 0.6) is 0 Å². The van der Waals surface area contributed by atoms with Gasteiger partial charge in [-0.05, 0) is 54.8 Å². The van der Waals surface area contributed by atoms with E-state index in [-0.39, 0.29) is 12.1 Å². The highest BCUT2D eigenvalue weighted by Gasteiger charge is 2.33. The number of anilines is 1. The second-order valence-corrected chi connectivity index (χ2v) is 7.79. The zero-order valence-corrected chi connectivity index (χ0v) is 16.9. The van der Waals surface area contributed by atoms with Crippen molar-refractivity contribution < 1.29 is 9.21 Å². The Morgan fingerprint density at radius 3 is 2.93 bits per heavy atom. The SMILES string of the molecule is O=C(Nc1ccc2occc2c1)N1CCC[C@@H]1c1ncnn1Cc1ccc(Cl)cc1. The summed E-state index contributed by atoms with van der Waals surface area (Å²) in [5.41, 5.74) is 2.61. The summed E-state index contributed by atoms with van der Waals surface area (Å²) in [6.45, 7) is 1.26. The van der Waals surface area contributed by atoms with E-state index in [9.17, 15) is 4.79 Å². The average molecular weight is 422 g/mol. The van der Waals surface area contributed by atoms with E-state index in [0.29, 0.717) is 18.1 Å². The van der Waals surface area contributed by atoms with Gasteiger partial charge in [-0.15, -0.1) is 0 Å². The molecular formula is C22H20ClN5O2. The van der Waals surface area contributed by atoms with Crippen molar-refractivity contribution in [3.63, 3.8) is 0 Å². The third kappa shape index (κ3) is 3.64. The van der Waals surface area contributed by atoms with Crippen LogP contribution >= 0.6 is 11.6 Å². The van der Waals surface area contributed by atoms with Gasteiger partial charge in [0.1, 0.15) is 17.7 Å². The van der Waals surface area contributed by atoms with Crippen LogP contribution in [-0.4, -0.2) is 32.2 Å². The molecule has 0 aliphatic carbocycles. The van der Waals surface area contributed by atoms with Gasteiger partial charge in [0.05, 0.1) is 18.8 Å². The van der Waals surface area contributed by atoms with Gasteiger partial charge in [0, 0.05) is 22.6 Å². The van der Waals surface area contributed by atoms with E-state index in [2.05, 4.69) is 15.4 Å². The lowest BCUT2D eigenvalue weighted by Crippen LogP contribution is -2.35. The van der Waals surface area contributed by atoms with Gasteiger partial charge in [-0.25, -0.2) is 14.5 Å². The Hall–Kier alpha value is -3.32. The third-order valence-electron chi connectivity index (χ3n) is 5.41. The van der Waals surface area contributed by atoms with Crippen molar-refractivity contribution in [3.8, 4) is 0 Å². The van der Waals surface area contributed by atoms with Gasteiger partial charge in [-0.3, -0.25) is 0 Å². The normalized spacial score (nSPS) is 16.3. The predicted octanol–water partition coefficient (Wildman–Crippen LogP) is 5.10. The number of likely N-dealkylation sites (tertiary alicyclic amines) is 1. The molecule has 4 aromatic rings. The lowest BCUT2D eigenvalue weighted by atomic mass is 10.2. The third-order valence-corrected chi connectivity index (χ3v) is 5.66. The standard InChI is InChI=1S/C22H20ClN5O2/c23-17-5-3-15(4-6-17)13-28-21(24-14-25-28)19-2-1-10-27(19)22(29)26-18-7-8-20-16(12-18)9-11-30-20/h3-9,11-12,14,19H,1-2,10,13H2,(H,26,29)/t19-/m1/s1. The first-order valence-electron chi connectivity index (χ1n) is 9.84. The molecule has 0 spiro atoms. The van der Waals surface area contributed by atoms with E-state index in [1.54, 1.807) is 12.6 Å². The Morgan fingerprint density at radius 1 is 1.20 bits per heavy atom. The lowest BCUT2D eigenvalue weighted by Gasteiger charge is -2.24. The first kappa shape index (κ1) is 18.7. The Balaban J connectivity index is 1.34. The minimum atomic E-state index is -0.138. The van der Waals surface area contributed by atoms with Crippen molar-refractivity contribution in [1.29, 1.82) is 0 Å². The number of halogens is 1. The maximum absolute atomic E-state index is 13.0. The smallest absolute Gasteiger partial charge is 0.322 e. The Labute approximate surface area is 178 Å². The molecule has 1 fully saturated rings. The van der Waals surface area contributed by atoms with E-state index in [4.69, 9.17) is 16.0 Å². The van der Waals surface area contributed by atoms with Crippen molar-refractivity contribution in [2.24, 2.45) is 0 Å². The summed E-state index contributed by atoms with van der Waals surface area (Å²) in [5, 5.41) is 9.05. The molecule has 1 N–H and O–H groups in total. The van der Waals surface area contributed by atoms with Gasteiger partial charge < -0.3 is 14.6 Å². The van der Waals surface area contributed by atoms with Gasteiger partial charge in [0.15, 0.2) is 0 Å². The van der Waals surface area contributed by atoms with Crippen molar-refractivity contribution in [2.45, 2.75) is 25.4 Å². The highest BCUT2D eigenvalue weighted by molar-refractivity contribution is 6.30.